The predicted molar refractivity (Wildman–Crippen MR) is 114 cm³/mol. The van der Waals surface area contributed by atoms with E-state index in [1.165, 1.54) is 31.4 Å². The Morgan fingerprint density at radius 1 is 1.03 bits per heavy atom. The molecular weight excluding hydrogens is 404 g/mol. The average molecular weight is 424 g/mol. The molecule has 0 aliphatic rings. The van der Waals surface area contributed by atoms with Crippen LogP contribution in [-0.4, -0.2) is 27.7 Å². The van der Waals surface area contributed by atoms with Gasteiger partial charge in [-0.3, -0.25) is 20.2 Å². The van der Waals surface area contributed by atoms with Crippen LogP contribution >= 0.6 is 0 Å². The predicted octanol–water partition coefficient (Wildman–Crippen LogP) is 4.47. The summed E-state index contributed by atoms with van der Waals surface area (Å²) in [5.74, 6) is 0.376. The normalized spacial score (nSPS) is 10.9. The van der Waals surface area contributed by atoms with Gasteiger partial charge in [-0.25, -0.2) is 0 Å². The number of nitrogens with zero attached hydrogens (tertiary/aromatic N) is 4. The van der Waals surface area contributed by atoms with Crippen molar-refractivity contribution >= 4 is 17.6 Å². The first-order valence-electron chi connectivity index (χ1n) is 9.22. The number of nitro benzene ring substituents is 2. The van der Waals surface area contributed by atoms with E-state index in [4.69, 9.17) is 9.57 Å². The van der Waals surface area contributed by atoms with Gasteiger partial charge in [0.2, 0.25) is 0 Å². The molecule has 1 heterocycles. The van der Waals surface area contributed by atoms with Crippen LogP contribution in [0, 0.1) is 34.1 Å². The molecule has 0 amide bonds. The standard InChI is InChI=1S/C21H20N4O6/c1-14-9-17(12-22-31-13-16-5-4-6-18(10-16)24(26)27)15(2)23(14)20-8-7-19(25(28)29)11-21(20)30-3/h4-12H,13H2,1-3H3/b22-12-. The molecule has 3 rings (SSSR count). The summed E-state index contributed by atoms with van der Waals surface area (Å²) in [6.07, 6.45) is 1.55. The van der Waals surface area contributed by atoms with Crippen LogP contribution in [0.3, 0.4) is 0 Å². The lowest BCUT2D eigenvalue weighted by molar-refractivity contribution is -0.385. The third-order valence-corrected chi connectivity index (χ3v) is 4.70. The van der Waals surface area contributed by atoms with Crippen LogP contribution in [0.2, 0.25) is 0 Å². The Labute approximate surface area is 177 Å². The highest BCUT2D eigenvalue weighted by atomic mass is 16.6. The Hall–Kier alpha value is -4.21. The molecule has 0 radical (unpaired) electrons. The van der Waals surface area contributed by atoms with Crippen molar-refractivity contribution in [2.24, 2.45) is 5.16 Å². The third kappa shape index (κ3) is 4.69. The summed E-state index contributed by atoms with van der Waals surface area (Å²) in [6.45, 7) is 3.87. The summed E-state index contributed by atoms with van der Waals surface area (Å²) in [4.78, 5) is 26.2. The first-order chi connectivity index (χ1) is 14.8. The second kappa shape index (κ2) is 9.08. The van der Waals surface area contributed by atoms with Crippen molar-refractivity contribution in [1.29, 1.82) is 0 Å². The third-order valence-electron chi connectivity index (χ3n) is 4.70. The maximum absolute atomic E-state index is 11.0. The molecule has 0 aliphatic heterocycles. The van der Waals surface area contributed by atoms with Crippen molar-refractivity contribution < 1.29 is 19.4 Å². The highest BCUT2D eigenvalue weighted by molar-refractivity contribution is 5.82. The van der Waals surface area contributed by atoms with E-state index in [1.807, 2.05) is 24.5 Å². The lowest BCUT2D eigenvalue weighted by Gasteiger charge is -2.13. The molecule has 3 aromatic rings. The van der Waals surface area contributed by atoms with E-state index in [9.17, 15) is 20.2 Å². The van der Waals surface area contributed by atoms with Crippen molar-refractivity contribution in [3.8, 4) is 11.4 Å². The molecule has 0 spiro atoms. The molecule has 2 aromatic carbocycles. The van der Waals surface area contributed by atoms with Crippen molar-refractivity contribution in [2.45, 2.75) is 20.5 Å². The summed E-state index contributed by atoms with van der Waals surface area (Å²) < 4.78 is 7.26. The number of rotatable bonds is 8. The zero-order valence-electron chi connectivity index (χ0n) is 17.1. The number of aromatic nitrogens is 1. The van der Waals surface area contributed by atoms with Crippen LogP contribution < -0.4 is 4.74 Å². The Morgan fingerprint density at radius 2 is 1.74 bits per heavy atom. The monoisotopic (exact) mass is 424 g/mol. The maximum Gasteiger partial charge on any atom is 0.273 e. The van der Waals surface area contributed by atoms with E-state index in [1.54, 1.807) is 24.4 Å². The number of non-ortho nitro benzene ring substituents is 2. The van der Waals surface area contributed by atoms with Crippen LogP contribution in [-0.2, 0) is 11.4 Å². The van der Waals surface area contributed by atoms with Gasteiger partial charge in [0, 0.05) is 35.2 Å². The van der Waals surface area contributed by atoms with Crippen LogP contribution in [0.15, 0.2) is 53.7 Å². The zero-order chi connectivity index (χ0) is 22.5. The summed E-state index contributed by atoms with van der Waals surface area (Å²) in [5, 5.41) is 25.9. The van der Waals surface area contributed by atoms with Gasteiger partial charge in [-0.2, -0.15) is 0 Å². The van der Waals surface area contributed by atoms with Gasteiger partial charge in [-0.15, -0.1) is 0 Å². The van der Waals surface area contributed by atoms with Crippen LogP contribution in [0.25, 0.3) is 5.69 Å². The molecule has 1 aromatic heterocycles. The highest BCUT2D eigenvalue weighted by Crippen LogP contribution is 2.31. The summed E-state index contributed by atoms with van der Waals surface area (Å²) in [6, 6.07) is 12.5. The van der Waals surface area contributed by atoms with Crippen molar-refractivity contribution in [3.05, 3.63) is 91.3 Å². The SMILES string of the molecule is COc1cc([N+](=O)[O-])ccc1-n1c(C)cc(/C=N\OCc2cccc([N+](=O)[O-])c2)c1C. The van der Waals surface area contributed by atoms with Crippen molar-refractivity contribution in [3.63, 3.8) is 0 Å². The van der Waals surface area contributed by atoms with Crippen LogP contribution in [0.4, 0.5) is 11.4 Å². The molecule has 0 aliphatic carbocycles. The number of aryl methyl sites for hydroxylation is 1. The van der Waals surface area contributed by atoms with E-state index in [-0.39, 0.29) is 18.0 Å². The lowest BCUT2D eigenvalue weighted by Crippen LogP contribution is -2.03. The van der Waals surface area contributed by atoms with Crippen LogP contribution in [0.5, 0.6) is 5.75 Å². The van der Waals surface area contributed by atoms with E-state index in [0.717, 1.165) is 17.0 Å². The molecule has 0 atom stereocenters. The summed E-state index contributed by atoms with van der Waals surface area (Å²) in [5.41, 5.74) is 3.74. The second-order valence-electron chi connectivity index (χ2n) is 6.71. The number of hydrogen-bond acceptors (Lipinski definition) is 7. The van der Waals surface area contributed by atoms with Gasteiger partial charge in [0.15, 0.2) is 0 Å². The lowest BCUT2D eigenvalue weighted by atomic mass is 10.2. The minimum atomic E-state index is -0.474. The molecule has 0 N–H and O–H groups in total. The fraction of sp³-hybridized carbons (Fsp3) is 0.190. The first-order valence-corrected chi connectivity index (χ1v) is 9.22. The molecule has 0 unspecified atom stereocenters. The topological polar surface area (TPSA) is 122 Å². The molecule has 31 heavy (non-hydrogen) atoms. The molecular formula is C21H20N4O6. The van der Waals surface area contributed by atoms with Gasteiger partial charge < -0.3 is 14.1 Å². The van der Waals surface area contributed by atoms with Crippen molar-refractivity contribution in [1.82, 2.24) is 4.57 Å². The Balaban J connectivity index is 1.80. The fourth-order valence-electron chi connectivity index (χ4n) is 3.22. The summed E-state index contributed by atoms with van der Waals surface area (Å²) >= 11 is 0. The van der Waals surface area contributed by atoms with Crippen LogP contribution in [0.1, 0.15) is 22.5 Å². The molecule has 10 heteroatoms. The second-order valence-corrected chi connectivity index (χ2v) is 6.71. The average Bonchev–Trinajstić information content (AvgIpc) is 3.03. The molecule has 0 saturated heterocycles. The largest absolute Gasteiger partial charge is 0.494 e. The molecule has 160 valence electrons. The Kier molecular flexibility index (Phi) is 6.29. The zero-order valence-corrected chi connectivity index (χ0v) is 17.1. The Bertz CT molecular complexity index is 1170. The summed E-state index contributed by atoms with van der Waals surface area (Å²) in [7, 11) is 1.46. The van der Waals surface area contributed by atoms with E-state index >= 15 is 0 Å². The number of hydrogen-bond donors (Lipinski definition) is 0. The minimum Gasteiger partial charge on any atom is -0.494 e. The van der Waals surface area contributed by atoms with Gasteiger partial charge in [-0.05, 0) is 31.5 Å². The minimum absolute atomic E-state index is 0.00864. The number of nitro groups is 2. The van der Waals surface area contributed by atoms with Gasteiger partial charge in [0.25, 0.3) is 11.4 Å². The van der Waals surface area contributed by atoms with Gasteiger partial charge in [0.1, 0.15) is 12.4 Å². The van der Waals surface area contributed by atoms with Gasteiger partial charge in [0.05, 0.1) is 34.9 Å². The number of methoxy groups -OCH3 is 1. The maximum atomic E-state index is 11.0. The highest BCUT2D eigenvalue weighted by Gasteiger charge is 2.17. The van der Waals surface area contributed by atoms with Crippen molar-refractivity contribution in [2.75, 3.05) is 7.11 Å². The smallest absolute Gasteiger partial charge is 0.273 e. The fourth-order valence-corrected chi connectivity index (χ4v) is 3.22. The molecule has 0 bridgehead atoms. The Morgan fingerprint density at radius 3 is 2.42 bits per heavy atom. The molecule has 0 saturated carbocycles. The number of ether oxygens (including phenoxy) is 1. The number of oxime groups is 1. The van der Waals surface area contributed by atoms with Gasteiger partial charge >= 0.3 is 0 Å². The van der Waals surface area contributed by atoms with E-state index in [0.29, 0.717) is 17.0 Å². The number of benzene rings is 2. The first kappa shape index (κ1) is 21.5. The van der Waals surface area contributed by atoms with E-state index in [2.05, 4.69) is 5.16 Å². The van der Waals surface area contributed by atoms with E-state index < -0.39 is 9.85 Å². The quantitative estimate of drug-likeness (QED) is 0.299. The van der Waals surface area contributed by atoms with Gasteiger partial charge in [-0.1, -0.05) is 17.3 Å². The molecule has 10 nitrogen and oxygen atoms in total. The molecule has 0 fully saturated rings.